The number of hydrogen-bond donors (Lipinski definition) is 0. The van der Waals surface area contributed by atoms with Crippen molar-refractivity contribution in [2.45, 2.75) is 6.61 Å². The molecule has 0 aromatic heterocycles. The highest BCUT2D eigenvalue weighted by Gasteiger charge is 2.31. The van der Waals surface area contributed by atoms with Gasteiger partial charge in [-0.1, -0.05) is 53.5 Å². The van der Waals surface area contributed by atoms with Gasteiger partial charge in [-0.2, -0.15) is 0 Å². The van der Waals surface area contributed by atoms with E-state index in [1.807, 2.05) is 36.4 Å². The highest BCUT2D eigenvalue weighted by molar-refractivity contribution is 8.18. The van der Waals surface area contributed by atoms with Gasteiger partial charge in [-0.15, -0.1) is 0 Å². The summed E-state index contributed by atoms with van der Waals surface area (Å²) in [7, 11) is 1.68. The molecule has 0 radical (unpaired) electrons. The van der Waals surface area contributed by atoms with Crippen LogP contribution in [0.4, 0.5) is 5.69 Å². The number of amidine groups is 1. The largest absolute Gasteiger partial charge is 0.488 e. The fourth-order valence-electron chi connectivity index (χ4n) is 4.08. The zero-order chi connectivity index (χ0) is 27.4. The lowest BCUT2D eigenvalue weighted by atomic mass is 10.1. The summed E-state index contributed by atoms with van der Waals surface area (Å²) in [5, 5.41) is 1.47. The van der Waals surface area contributed by atoms with Gasteiger partial charge in [0.15, 0.2) is 5.17 Å². The van der Waals surface area contributed by atoms with Crippen LogP contribution in [0.2, 0.25) is 10.0 Å². The van der Waals surface area contributed by atoms with E-state index >= 15 is 0 Å². The first-order chi connectivity index (χ1) is 18.9. The molecule has 0 N–H and O–H groups in total. The van der Waals surface area contributed by atoms with Gasteiger partial charge >= 0.3 is 0 Å². The standard InChI is InChI=1S/C29H25Cl2N3O4S/c1-33-28(36)26(17-20-5-2-3-8-25(20)38-18-19-9-10-23(30)24(31)15-19)39-29(33)32-22-7-4-6-21(16-22)27(35)34-11-13-37-14-12-34/h2-10,15-17H,11-14,18H2,1H3/b26-17+,32-29?. The van der Waals surface area contributed by atoms with Crippen molar-refractivity contribution in [1.82, 2.24) is 9.80 Å². The van der Waals surface area contributed by atoms with Crippen LogP contribution in [0, 0.1) is 0 Å². The normalized spacial score (nSPS) is 17.8. The molecule has 0 aliphatic carbocycles. The van der Waals surface area contributed by atoms with Gasteiger partial charge in [-0.05, 0) is 59.8 Å². The molecule has 39 heavy (non-hydrogen) atoms. The van der Waals surface area contributed by atoms with Gasteiger partial charge in [0.1, 0.15) is 12.4 Å². The summed E-state index contributed by atoms with van der Waals surface area (Å²) in [5.41, 5.74) is 2.80. The molecular weight excluding hydrogens is 557 g/mol. The van der Waals surface area contributed by atoms with Gasteiger partial charge in [0, 0.05) is 31.3 Å². The Labute approximate surface area is 241 Å². The summed E-state index contributed by atoms with van der Waals surface area (Å²) in [4.78, 5) is 34.4. The number of halogens is 2. The molecule has 3 aromatic carbocycles. The third-order valence-electron chi connectivity index (χ3n) is 6.20. The van der Waals surface area contributed by atoms with E-state index in [1.54, 1.807) is 48.4 Å². The van der Waals surface area contributed by atoms with Crippen LogP contribution in [-0.4, -0.2) is 60.1 Å². The molecule has 10 heteroatoms. The molecule has 2 aliphatic rings. The number of hydrogen-bond acceptors (Lipinski definition) is 6. The van der Waals surface area contributed by atoms with Gasteiger partial charge in [0.2, 0.25) is 0 Å². The second kappa shape index (κ2) is 12.3. The Balaban J connectivity index is 1.33. The molecule has 3 aromatic rings. The van der Waals surface area contributed by atoms with Crippen LogP contribution in [0.15, 0.2) is 76.6 Å². The van der Waals surface area contributed by atoms with Gasteiger partial charge in [0.05, 0.1) is 33.9 Å². The Hall–Kier alpha value is -3.30. The topological polar surface area (TPSA) is 71.4 Å². The van der Waals surface area contributed by atoms with Crippen molar-refractivity contribution in [3.05, 3.63) is 98.4 Å². The van der Waals surface area contributed by atoms with E-state index in [4.69, 9.17) is 32.7 Å². The summed E-state index contributed by atoms with van der Waals surface area (Å²) in [5.74, 6) is 0.410. The highest BCUT2D eigenvalue weighted by Crippen LogP contribution is 2.35. The van der Waals surface area contributed by atoms with E-state index < -0.39 is 0 Å². The van der Waals surface area contributed by atoms with Crippen molar-refractivity contribution in [1.29, 1.82) is 0 Å². The number of amides is 2. The van der Waals surface area contributed by atoms with Crippen LogP contribution >= 0.6 is 35.0 Å². The van der Waals surface area contributed by atoms with Gasteiger partial charge in [-0.25, -0.2) is 4.99 Å². The van der Waals surface area contributed by atoms with Crippen molar-refractivity contribution in [2.24, 2.45) is 4.99 Å². The predicted molar refractivity (Wildman–Crippen MR) is 156 cm³/mol. The minimum Gasteiger partial charge on any atom is -0.488 e. The monoisotopic (exact) mass is 581 g/mol. The lowest BCUT2D eigenvalue weighted by Gasteiger charge is -2.26. The molecule has 7 nitrogen and oxygen atoms in total. The van der Waals surface area contributed by atoms with Crippen LogP contribution in [0.5, 0.6) is 5.75 Å². The highest BCUT2D eigenvalue weighted by atomic mass is 35.5. The SMILES string of the molecule is CN1C(=O)/C(=C\c2ccccc2OCc2ccc(Cl)c(Cl)c2)SC1=Nc1cccc(C(=O)N2CCOCC2)c1. The third kappa shape index (κ3) is 6.47. The van der Waals surface area contributed by atoms with Crippen LogP contribution in [0.1, 0.15) is 21.5 Å². The number of nitrogens with zero attached hydrogens (tertiary/aromatic N) is 3. The first-order valence-electron chi connectivity index (χ1n) is 12.3. The molecule has 2 fully saturated rings. The number of carbonyl (C=O) groups is 2. The molecule has 0 spiro atoms. The fraction of sp³-hybridized carbons (Fsp3) is 0.207. The molecule has 2 aliphatic heterocycles. The Morgan fingerprint density at radius 2 is 1.85 bits per heavy atom. The van der Waals surface area contributed by atoms with Crippen LogP contribution in [0.3, 0.4) is 0 Å². The maximum Gasteiger partial charge on any atom is 0.266 e. The maximum atomic E-state index is 13.1. The molecule has 200 valence electrons. The number of para-hydroxylation sites is 1. The van der Waals surface area contributed by atoms with Crippen molar-refractivity contribution < 1.29 is 19.1 Å². The first-order valence-corrected chi connectivity index (χ1v) is 13.9. The zero-order valence-corrected chi connectivity index (χ0v) is 23.4. The van der Waals surface area contributed by atoms with E-state index in [-0.39, 0.29) is 11.8 Å². The average molecular weight is 583 g/mol. The lowest BCUT2D eigenvalue weighted by Crippen LogP contribution is -2.40. The zero-order valence-electron chi connectivity index (χ0n) is 21.1. The van der Waals surface area contributed by atoms with Crippen molar-refractivity contribution in [2.75, 3.05) is 33.4 Å². The van der Waals surface area contributed by atoms with Crippen LogP contribution in [0.25, 0.3) is 6.08 Å². The molecular formula is C29H25Cl2N3O4S. The molecule has 2 heterocycles. The van der Waals surface area contributed by atoms with E-state index in [0.717, 1.165) is 11.1 Å². The van der Waals surface area contributed by atoms with Gasteiger partial charge < -0.3 is 14.4 Å². The second-order valence-corrected chi connectivity index (χ2v) is 10.7. The van der Waals surface area contributed by atoms with Gasteiger partial charge in [0.25, 0.3) is 11.8 Å². The number of rotatable bonds is 6. The minimum atomic E-state index is -0.168. The second-order valence-electron chi connectivity index (χ2n) is 8.90. The number of aliphatic imine (C=N–C) groups is 1. The molecule has 0 saturated carbocycles. The first kappa shape index (κ1) is 27.3. The van der Waals surface area contributed by atoms with E-state index in [1.165, 1.54) is 16.7 Å². The Kier molecular flexibility index (Phi) is 8.57. The Bertz CT molecular complexity index is 1470. The van der Waals surface area contributed by atoms with Crippen molar-refractivity contribution in [3.63, 3.8) is 0 Å². The number of carbonyl (C=O) groups excluding carboxylic acids is 2. The number of thioether (sulfide) groups is 1. The molecule has 2 saturated heterocycles. The number of morpholine rings is 1. The summed E-state index contributed by atoms with van der Waals surface area (Å²) in [6, 6.07) is 20.0. The summed E-state index contributed by atoms with van der Waals surface area (Å²) >= 11 is 13.4. The average Bonchev–Trinajstić information content (AvgIpc) is 3.22. The number of ether oxygens (including phenoxy) is 2. The lowest BCUT2D eigenvalue weighted by molar-refractivity contribution is -0.121. The molecule has 2 amide bonds. The van der Waals surface area contributed by atoms with Crippen molar-refractivity contribution in [3.8, 4) is 5.75 Å². The van der Waals surface area contributed by atoms with Crippen LogP contribution in [-0.2, 0) is 16.1 Å². The Morgan fingerprint density at radius 1 is 1.05 bits per heavy atom. The van der Waals surface area contributed by atoms with E-state index in [0.29, 0.717) is 70.0 Å². The molecule has 0 bridgehead atoms. The molecule has 0 unspecified atom stereocenters. The fourth-order valence-corrected chi connectivity index (χ4v) is 5.38. The summed E-state index contributed by atoms with van der Waals surface area (Å²) < 4.78 is 11.4. The Morgan fingerprint density at radius 3 is 2.64 bits per heavy atom. The molecule has 5 rings (SSSR count). The molecule has 0 atom stereocenters. The summed E-state index contributed by atoms with van der Waals surface area (Å²) in [6.07, 6.45) is 1.80. The van der Waals surface area contributed by atoms with Crippen molar-refractivity contribution >= 4 is 63.7 Å². The number of likely N-dealkylation sites (N-methyl/N-ethyl adjacent to an activating group) is 1. The third-order valence-corrected chi connectivity index (χ3v) is 8.00. The number of benzene rings is 3. The quantitative estimate of drug-likeness (QED) is 0.320. The smallest absolute Gasteiger partial charge is 0.266 e. The van der Waals surface area contributed by atoms with E-state index in [9.17, 15) is 9.59 Å². The predicted octanol–water partition coefficient (Wildman–Crippen LogP) is 6.28. The summed E-state index contributed by atoms with van der Waals surface area (Å²) in [6.45, 7) is 2.51. The maximum absolute atomic E-state index is 13.1. The minimum absolute atomic E-state index is 0.0538. The van der Waals surface area contributed by atoms with E-state index in [2.05, 4.69) is 4.99 Å². The van der Waals surface area contributed by atoms with Gasteiger partial charge in [-0.3, -0.25) is 14.5 Å². The van der Waals surface area contributed by atoms with Crippen LogP contribution < -0.4 is 4.74 Å².